The molecule has 0 aromatic heterocycles. The van der Waals surface area contributed by atoms with E-state index in [9.17, 15) is 28.6 Å². The van der Waals surface area contributed by atoms with Crippen LogP contribution in [0.5, 0.6) is 0 Å². The summed E-state index contributed by atoms with van der Waals surface area (Å²) >= 11 is 0. The molecule has 2 unspecified atom stereocenters. The third-order valence-corrected chi connectivity index (χ3v) is 11.8. The Bertz CT molecular complexity index is 1090. The Hall–Kier alpha value is -2.01. The molecule has 0 saturated carbocycles. The van der Waals surface area contributed by atoms with Gasteiger partial charge in [-0.3, -0.25) is 28.2 Å². The predicted molar refractivity (Wildman–Crippen MR) is 245 cm³/mol. The molecule has 0 rings (SSSR count). The van der Waals surface area contributed by atoms with Crippen LogP contribution in [0.1, 0.15) is 245 Å². The predicted octanol–water partition coefficient (Wildman–Crippen LogP) is 12.9. The molecule has 0 aromatic rings. The molecular weight excluding hydrogens is 797 g/mol. The van der Waals surface area contributed by atoms with Crippen LogP contribution >= 0.6 is 7.82 Å². The molecule has 0 radical (unpaired) electrons. The molecule has 0 aliphatic rings. The van der Waals surface area contributed by atoms with Gasteiger partial charge in [0.1, 0.15) is 13.2 Å². The van der Waals surface area contributed by atoms with Gasteiger partial charge < -0.3 is 24.4 Å². The average Bonchev–Trinajstić information content (AvgIpc) is 3.23. The number of rotatable bonds is 47. The lowest BCUT2D eigenvalue weighted by Gasteiger charge is -2.20. The summed E-state index contributed by atoms with van der Waals surface area (Å²) in [5.74, 6) is -1.69. The first-order chi connectivity index (χ1) is 29.6. The quantitative estimate of drug-likeness (QED) is 0.0259. The van der Waals surface area contributed by atoms with E-state index in [4.69, 9.17) is 23.3 Å². The second-order valence-corrected chi connectivity index (χ2v) is 18.3. The highest BCUT2D eigenvalue weighted by Gasteiger charge is 2.26. The molecule has 0 spiro atoms. The number of hydrogen-bond donors (Lipinski definition) is 2. The van der Waals surface area contributed by atoms with Crippen LogP contribution < -0.4 is 5.32 Å². The fourth-order valence-electron chi connectivity index (χ4n) is 7.09. The summed E-state index contributed by atoms with van der Waals surface area (Å²) in [5, 5.41) is 2.52. The van der Waals surface area contributed by atoms with E-state index >= 15 is 0 Å². The molecule has 360 valence electrons. The number of amides is 1. The van der Waals surface area contributed by atoms with Gasteiger partial charge in [0.25, 0.3) is 0 Å². The van der Waals surface area contributed by atoms with Crippen LogP contribution in [0, 0.1) is 0 Å². The molecule has 0 fully saturated rings. The van der Waals surface area contributed by atoms with E-state index in [1.54, 1.807) is 0 Å². The van der Waals surface area contributed by atoms with Crippen molar-refractivity contribution in [3.8, 4) is 0 Å². The molecule has 12 nitrogen and oxygen atoms in total. The van der Waals surface area contributed by atoms with Crippen molar-refractivity contribution in [2.24, 2.45) is 0 Å². The molecule has 13 heteroatoms. The minimum Gasteiger partial charge on any atom is -0.465 e. The first kappa shape index (κ1) is 59.0. The van der Waals surface area contributed by atoms with Gasteiger partial charge in [0.15, 0.2) is 6.10 Å². The zero-order valence-electron chi connectivity index (χ0n) is 39.3. The first-order valence-corrected chi connectivity index (χ1v) is 26.5. The first-order valence-electron chi connectivity index (χ1n) is 25.0. The Morgan fingerprint density at radius 1 is 0.443 bits per heavy atom. The van der Waals surface area contributed by atoms with Crippen LogP contribution in [-0.2, 0) is 47.0 Å². The normalized spacial score (nSPS) is 12.8. The minimum absolute atomic E-state index is 0.0483. The van der Waals surface area contributed by atoms with Crippen molar-refractivity contribution in [2.75, 3.05) is 33.0 Å². The lowest BCUT2D eigenvalue weighted by Crippen LogP contribution is -2.30. The van der Waals surface area contributed by atoms with Crippen molar-refractivity contribution in [1.82, 2.24) is 5.32 Å². The van der Waals surface area contributed by atoms with Gasteiger partial charge in [-0.05, 0) is 19.3 Å². The highest BCUT2D eigenvalue weighted by Crippen LogP contribution is 2.43. The van der Waals surface area contributed by atoms with Gasteiger partial charge in [0, 0.05) is 25.8 Å². The Morgan fingerprint density at radius 3 is 1.26 bits per heavy atom. The van der Waals surface area contributed by atoms with E-state index in [1.165, 1.54) is 141 Å². The van der Waals surface area contributed by atoms with Crippen LogP contribution in [0.3, 0.4) is 0 Å². The van der Waals surface area contributed by atoms with Crippen molar-refractivity contribution in [3.05, 3.63) is 0 Å². The molecule has 0 aromatic carbocycles. The fraction of sp³-hybridized carbons (Fsp3) is 0.917. The van der Waals surface area contributed by atoms with Crippen LogP contribution in [0.4, 0.5) is 0 Å². The number of unbranched alkanes of at least 4 members (excludes halogenated alkanes) is 28. The van der Waals surface area contributed by atoms with Crippen LogP contribution in [0.2, 0.25) is 0 Å². The van der Waals surface area contributed by atoms with Crippen molar-refractivity contribution in [1.29, 1.82) is 0 Å². The van der Waals surface area contributed by atoms with Gasteiger partial charge in [0.05, 0.1) is 19.6 Å². The molecule has 61 heavy (non-hydrogen) atoms. The Morgan fingerprint density at radius 2 is 0.836 bits per heavy atom. The molecule has 2 atom stereocenters. The largest absolute Gasteiger partial charge is 0.472 e. The number of ether oxygens (including phenoxy) is 3. The second kappa shape index (κ2) is 44.6. The molecule has 0 bridgehead atoms. The van der Waals surface area contributed by atoms with Crippen LogP contribution in [-0.4, -0.2) is 67.8 Å². The SMILES string of the molecule is CCCCCCCCCCCCCCCCCC(=O)OCC(COP(=O)(O)OCCNC(=O)CCOC(=O)CCC)OC(=O)CCCCCCCCCCCCCCCCC. The van der Waals surface area contributed by atoms with E-state index in [-0.39, 0.29) is 58.0 Å². The van der Waals surface area contributed by atoms with Gasteiger partial charge in [-0.15, -0.1) is 0 Å². The number of phosphoric ester groups is 1. The molecule has 2 N–H and O–H groups in total. The maximum atomic E-state index is 12.8. The molecule has 0 saturated heterocycles. The standard InChI is InChI=1S/C48H92NO11P/c1-4-7-9-11-13-15-17-19-21-23-25-27-29-31-33-36-47(52)57-42-44(43-59-61(54,55)58-41-39-49-45(50)38-40-56-46(51)35-6-3)60-48(53)37-34-32-30-28-26-24-22-20-18-16-14-12-10-8-5-2/h44H,4-43H2,1-3H3,(H,49,50)(H,54,55). The van der Waals surface area contributed by atoms with E-state index in [1.807, 2.05) is 6.92 Å². The summed E-state index contributed by atoms with van der Waals surface area (Å²) in [6.45, 7) is 5.07. The van der Waals surface area contributed by atoms with Gasteiger partial charge >= 0.3 is 25.7 Å². The van der Waals surface area contributed by atoms with E-state index in [0.717, 1.165) is 38.5 Å². The van der Waals surface area contributed by atoms with Crippen molar-refractivity contribution >= 4 is 31.6 Å². The number of hydrogen-bond acceptors (Lipinski definition) is 10. The third-order valence-electron chi connectivity index (χ3n) is 10.8. The van der Waals surface area contributed by atoms with Crippen molar-refractivity contribution < 1.29 is 51.9 Å². The summed E-state index contributed by atoms with van der Waals surface area (Å²) in [6, 6.07) is 0. The van der Waals surface area contributed by atoms with Gasteiger partial charge in [-0.25, -0.2) is 4.57 Å². The van der Waals surface area contributed by atoms with Gasteiger partial charge in [-0.2, -0.15) is 0 Å². The van der Waals surface area contributed by atoms with Gasteiger partial charge in [0.2, 0.25) is 5.91 Å². The van der Waals surface area contributed by atoms with E-state index in [2.05, 4.69) is 19.2 Å². The lowest BCUT2D eigenvalue weighted by atomic mass is 10.0. The average molecular weight is 890 g/mol. The topological polar surface area (TPSA) is 164 Å². The molecule has 0 aliphatic heterocycles. The smallest absolute Gasteiger partial charge is 0.465 e. The summed E-state index contributed by atoms with van der Waals surface area (Å²) in [5.41, 5.74) is 0. The molecule has 0 heterocycles. The number of esters is 3. The molecule has 0 aliphatic carbocycles. The van der Waals surface area contributed by atoms with Gasteiger partial charge in [-0.1, -0.05) is 201 Å². The zero-order valence-corrected chi connectivity index (χ0v) is 40.2. The molecular formula is C48H92NO11P. The summed E-state index contributed by atoms with van der Waals surface area (Å²) in [4.78, 5) is 59.0. The highest BCUT2D eigenvalue weighted by atomic mass is 31.2. The van der Waals surface area contributed by atoms with E-state index in [0.29, 0.717) is 19.3 Å². The van der Waals surface area contributed by atoms with Crippen LogP contribution in [0.25, 0.3) is 0 Å². The Balaban J connectivity index is 4.51. The van der Waals surface area contributed by atoms with Crippen molar-refractivity contribution in [3.63, 3.8) is 0 Å². The van der Waals surface area contributed by atoms with E-state index < -0.39 is 38.4 Å². The number of carbonyl (C=O) groups is 4. The summed E-state index contributed by atoms with van der Waals surface area (Å²) < 4.78 is 38.6. The van der Waals surface area contributed by atoms with Crippen molar-refractivity contribution in [2.45, 2.75) is 252 Å². The highest BCUT2D eigenvalue weighted by molar-refractivity contribution is 7.47. The maximum absolute atomic E-state index is 12.8. The molecule has 1 amide bonds. The lowest BCUT2D eigenvalue weighted by molar-refractivity contribution is -0.161. The van der Waals surface area contributed by atoms with Crippen LogP contribution in [0.15, 0.2) is 0 Å². The fourth-order valence-corrected chi connectivity index (χ4v) is 7.84. The Kier molecular flexibility index (Phi) is 43.1. The third kappa shape index (κ3) is 44.4. The summed E-state index contributed by atoms with van der Waals surface area (Å²) in [6.07, 6.45) is 36.9. The number of phosphoric acid groups is 1. The number of nitrogens with one attached hydrogen (secondary N) is 1. The summed E-state index contributed by atoms with van der Waals surface area (Å²) in [7, 11) is -4.59. The number of carbonyl (C=O) groups excluding carboxylic acids is 4. The maximum Gasteiger partial charge on any atom is 0.472 e. The Labute approximate surface area is 372 Å². The zero-order chi connectivity index (χ0) is 44.9. The second-order valence-electron chi connectivity index (χ2n) is 16.9. The minimum atomic E-state index is -4.59. The monoisotopic (exact) mass is 890 g/mol.